The molecule has 0 fully saturated rings. The van der Waals surface area contributed by atoms with E-state index in [-0.39, 0.29) is 17.4 Å². The normalized spacial score (nSPS) is 13.3. The maximum Gasteiger partial charge on any atom is 0.417 e. The van der Waals surface area contributed by atoms with E-state index in [1.165, 1.54) is 16.7 Å². The molecule has 0 radical (unpaired) electrons. The molecule has 142 valence electrons. The quantitative estimate of drug-likeness (QED) is 0.640. The second kappa shape index (κ2) is 6.85. The van der Waals surface area contributed by atoms with Gasteiger partial charge in [0.25, 0.3) is 0 Å². The van der Waals surface area contributed by atoms with Crippen LogP contribution in [0.4, 0.5) is 13.2 Å². The molecule has 3 aromatic rings. The summed E-state index contributed by atoms with van der Waals surface area (Å²) in [7, 11) is 0. The number of nitrogens with zero attached hydrogens (tertiary/aromatic N) is 1. The van der Waals surface area contributed by atoms with Gasteiger partial charge in [-0.05, 0) is 30.2 Å². The number of hydrogen-bond acceptors (Lipinski definition) is 2. The van der Waals surface area contributed by atoms with Gasteiger partial charge < -0.3 is 5.11 Å². The third kappa shape index (κ3) is 3.49. The first-order valence-corrected chi connectivity index (χ1v) is 8.65. The van der Waals surface area contributed by atoms with Crippen molar-refractivity contribution in [1.82, 2.24) is 4.57 Å². The van der Waals surface area contributed by atoms with Gasteiger partial charge in [0, 0.05) is 23.1 Å². The molecule has 0 saturated heterocycles. The number of fused-ring (bicyclic) bond motifs is 1. The first-order chi connectivity index (χ1) is 12.6. The van der Waals surface area contributed by atoms with E-state index in [1.807, 2.05) is 0 Å². The number of aromatic nitrogens is 1. The van der Waals surface area contributed by atoms with E-state index < -0.39 is 17.8 Å². The summed E-state index contributed by atoms with van der Waals surface area (Å²) in [5.74, 6) is -0.485. The standard InChI is InChI=1S/C21H20F3NO2/c1-12(2)20(27)25-11-17(13(3)26)16-9-8-14(10-19(16)25)15-6-4-5-7-18(15)21(22,23)24/h4-13,26H,1-3H3. The van der Waals surface area contributed by atoms with Crippen LogP contribution in [0.15, 0.2) is 48.7 Å². The highest BCUT2D eigenvalue weighted by molar-refractivity contribution is 5.97. The van der Waals surface area contributed by atoms with Crippen molar-refractivity contribution in [2.75, 3.05) is 0 Å². The molecule has 1 heterocycles. The van der Waals surface area contributed by atoms with Gasteiger partial charge in [-0.2, -0.15) is 13.2 Å². The summed E-state index contributed by atoms with van der Waals surface area (Å²) < 4.78 is 41.6. The summed E-state index contributed by atoms with van der Waals surface area (Å²) in [5.41, 5.74) is 0.737. The summed E-state index contributed by atoms with van der Waals surface area (Å²) in [6.07, 6.45) is -3.72. The number of rotatable bonds is 3. The fourth-order valence-electron chi connectivity index (χ4n) is 3.20. The Kier molecular flexibility index (Phi) is 4.86. The Hall–Kier alpha value is -2.60. The lowest BCUT2D eigenvalue weighted by Crippen LogP contribution is -2.15. The van der Waals surface area contributed by atoms with E-state index in [1.54, 1.807) is 51.2 Å². The summed E-state index contributed by atoms with van der Waals surface area (Å²) in [6.45, 7) is 5.09. The lowest BCUT2D eigenvalue weighted by atomic mass is 9.97. The zero-order valence-corrected chi connectivity index (χ0v) is 15.2. The molecule has 0 amide bonds. The molecule has 0 aliphatic carbocycles. The number of aliphatic hydroxyl groups is 1. The van der Waals surface area contributed by atoms with Gasteiger partial charge in [-0.3, -0.25) is 9.36 Å². The average molecular weight is 375 g/mol. The van der Waals surface area contributed by atoms with E-state index in [0.717, 1.165) is 6.07 Å². The van der Waals surface area contributed by atoms with Crippen LogP contribution in [0.1, 0.15) is 42.8 Å². The first kappa shape index (κ1) is 19.2. The minimum absolute atomic E-state index is 0.0512. The SMILES string of the molecule is CC(C)C(=O)n1cc(C(C)O)c2ccc(-c3ccccc3C(F)(F)F)cc21. The number of hydrogen-bond donors (Lipinski definition) is 1. The van der Waals surface area contributed by atoms with E-state index in [9.17, 15) is 23.1 Å². The third-order valence-corrected chi connectivity index (χ3v) is 4.56. The van der Waals surface area contributed by atoms with Gasteiger partial charge in [0.1, 0.15) is 0 Å². The number of aliphatic hydroxyl groups excluding tert-OH is 1. The molecule has 2 aromatic carbocycles. The van der Waals surface area contributed by atoms with Gasteiger partial charge in [-0.1, -0.05) is 44.2 Å². The largest absolute Gasteiger partial charge is 0.417 e. The van der Waals surface area contributed by atoms with Crippen molar-refractivity contribution in [3.63, 3.8) is 0 Å². The summed E-state index contributed by atoms with van der Waals surface area (Å²) in [6, 6.07) is 10.2. The lowest BCUT2D eigenvalue weighted by Gasteiger charge is -2.13. The second-order valence-electron chi connectivity index (χ2n) is 6.90. The Morgan fingerprint density at radius 1 is 1.07 bits per heavy atom. The Balaban J connectivity index is 2.27. The van der Waals surface area contributed by atoms with Gasteiger partial charge in [-0.15, -0.1) is 0 Å². The molecule has 27 heavy (non-hydrogen) atoms. The summed E-state index contributed by atoms with van der Waals surface area (Å²) in [4.78, 5) is 12.6. The van der Waals surface area contributed by atoms with E-state index in [4.69, 9.17) is 0 Å². The first-order valence-electron chi connectivity index (χ1n) is 8.65. The van der Waals surface area contributed by atoms with Crippen molar-refractivity contribution in [3.05, 3.63) is 59.8 Å². The van der Waals surface area contributed by atoms with Crippen molar-refractivity contribution in [2.24, 2.45) is 5.92 Å². The van der Waals surface area contributed by atoms with Crippen LogP contribution in [0.25, 0.3) is 22.0 Å². The Bertz CT molecular complexity index is 1000. The molecular formula is C21H20F3NO2. The molecule has 1 atom stereocenters. The molecule has 1 unspecified atom stereocenters. The van der Waals surface area contributed by atoms with Crippen LogP contribution in [0, 0.1) is 5.92 Å². The van der Waals surface area contributed by atoms with Gasteiger partial charge in [0.15, 0.2) is 0 Å². The molecule has 3 nitrogen and oxygen atoms in total. The van der Waals surface area contributed by atoms with E-state index in [2.05, 4.69) is 0 Å². The highest BCUT2D eigenvalue weighted by Crippen LogP contribution is 2.38. The zero-order chi connectivity index (χ0) is 19.9. The van der Waals surface area contributed by atoms with Crippen LogP contribution < -0.4 is 0 Å². The molecule has 1 N–H and O–H groups in total. The van der Waals surface area contributed by atoms with Crippen molar-refractivity contribution < 1.29 is 23.1 Å². The minimum atomic E-state index is -4.48. The van der Waals surface area contributed by atoms with Crippen LogP contribution >= 0.6 is 0 Å². The van der Waals surface area contributed by atoms with E-state index >= 15 is 0 Å². The van der Waals surface area contributed by atoms with Crippen LogP contribution in [0.2, 0.25) is 0 Å². The zero-order valence-electron chi connectivity index (χ0n) is 15.2. The number of alkyl halides is 3. The third-order valence-electron chi connectivity index (χ3n) is 4.56. The van der Waals surface area contributed by atoms with Gasteiger partial charge in [0.2, 0.25) is 5.91 Å². The van der Waals surface area contributed by atoms with Crippen LogP contribution in [-0.4, -0.2) is 15.6 Å². The monoisotopic (exact) mass is 375 g/mol. The molecule has 0 aliphatic rings. The summed E-state index contributed by atoms with van der Waals surface area (Å²) >= 11 is 0. The number of halogens is 3. The highest BCUT2D eigenvalue weighted by Gasteiger charge is 2.33. The summed E-state index contributed by atoms with van der Waals surface area (Å²) in [5, 5.41) is 10.7. The van der Waals surface area contributed by atoms with E-state index in [0.29, 0.717) is 22.0 Å². The topological polar surface area (TPSA) is 42.2 Å². The van der Waals surface area contributed by atoms with Crippen molar-refractivity contribution in [2.45, 2.75) is 33.1 Å². The Labute approximate surface area is 155 Å². The lowest BCUT2D eigenvalue weighted by molar-refractivity contribution is -0.137. The molecule has 1 aromatic heterocycles. The van der Waals surface area contributed by atoms with Gasteiger partial charge in [0.05, 0.1) is 17.2 Å². The Morgan fingerprint density at radius 2 is 1.74 bits per heavy atom. The number of benzene rings is 2. The van der Waals surface area contributed by atoms with Crippen LogP contribution in [-0.2, 0) is 6.18 Å². The molecular weight excluding hydrogens is 355 g/mol. The second-order valence-corrected chi connectivity index (χ2v) is 6.90. The minimum Gasteiger partial charge on any atom is -0.389 e. The molecule has 0 spiro atoms. The molecule has 0 aliphatic heterocycles. The van der Waals surface area contributed by atoms with Crippen molar-refractivity contribution in [1.29, 1.82) is 0 Å². The fraction of sp³-hybridized carbons (Fsp3) is 0.286. The number of carbonyl (C=O) groups excluding carboxylic acids is 1. The molecule has 6 heteroatoms. The Morgan fingerprint density at radius 3 is 2.33 bits per heavy atom. The average Bonchev–Trinajstić information content (AvgIpc) is 2.99. The van der Waals surface area contributed by atoms with Crippen LogP contribution in [0.3, 0.4) is 0 Å². The van der Waals surface area contributed by atoms with Crippen molar-refractivity contribution >= 4 is 16.8 Å². The molecule has 3 rings (SSSR count). The number of carbonyl (C=O) groups is 1. The smallest absolute Gasteiger partial charge is 0.389 e. The predicted molar refractivity (Wildman–Crippen MR) is 98.5 cm³/mol. The molecule has 0 saturated carbocycles. The van der Waals surface area contributed by atoms with Crippen molar-refractivity contribution in [3.8, 4) is 11.1 Å². The molecule has 0 bridgehead atoms. The maximum absolute atomic E-state index is 13.4. The highest BCUT2D eigenvalue weighted by atomic mass is 19.4. The van der Waals surface area contributed by atoms with Gasteiger partial charge >= 0.3 is 6.18 Å². The predicted octanol–water partition coefficient (Wildman–Crippen LogP) is 5.68. The fourth-order valence-corrected chi connectivity index (χ4v) is 3.20. The van der Waals surface area contributed by atoms with Gasteiger partial charge in [-0.25, -0.2) is 0 Å². The maximum atomic E-state index is 13.4. The van der Waals surface area contributed by atoms with Crippen LogP contribution in [0.5, 0.6) is 0 Å².